The fourth-order valence-corrected chi connectivity index (χ4v) is 3.65. The molecule has 1 aromatic heterocycles. The van der Waals surface area contributed by atoms with E-state index in [-0.39, 0.29) is 24.4 Å². The lowest BCUT2D eigenvalue weighted by Gasteiger charge is -2.18. The third-order valence-electron chi connectivity index (χ3n) is 5.35. The Morgan fingerprint density at radius 3 is 2.73 bits per heavy atom. The van der Waals surface area contributed by atoms with Crippen molar-refractivity contribution in [2.45, 2.75) is 32.7 Å². The molecule has 1 aliphatic rings. The number of nitrogens with two attached hydrogens (primary N) is 2. The van der Waals surface area contributed by atoms with E-state index in [1.807, 2.05) is 32.0 Å². The molecular formula is C24H29N7O2. The number of rotatable bonds is 7. The highest BCUT2D eigenvalue weighted by atomic mass is 16.5. The van der Waals surface area contributed by atoms with Gasteiger partial charge in [-0.1, -0.05) is 23.9 Å². The molecule has 0 unspecified atom stereocenters. The van der Waals surface area contributed by atoms with Crippen LogP contribution in [0.1, 0.15) is 30.9 Å². The monoisotopic (exact) mass is 447 g/mol. The van der Waals surface area contributed by atoms with Crippen LogP contribution in [0.3, 0.4) is 0 Å². The Morgan fingerprint density at radius 1 is 1.36 bits per heavy atom. The quantitative estimate of drug-likeness (QED) is 0.430. The van der Waals surface area contributed by atoms with E-state index in [2.05, 4.69) is 28.1 Å². The Kier molecular flexibility index (Phi) is 7.64. The van der Waals surface area contributed by atoms with Gasteiger partial charge in [0.25, 0.3) is 5.89 Å². The Balaban J connectivity index is 1.82. The van der Waals surface area contributed by atoms with Crippen molar-refractivity contribution in [2.75, 3.05) is 19.6 Å². The zero-order valence-electron chi connectivity index (χ0n) is 19.0. The number of carbonyl (C=O) groups is 1. The number of carbonyl (C=O) groups excluding carboxylic acids is 1. The summed E-state index contributed by atoms with van der Waals surface area (Å²) >= 11 is 0. The van der Waals surface area contributed by atoms with Gasteiger partial charge in [-0.25, -0.2) is 0 Å². The summed E-state index contributed by atoms with van der Waals surface area (Å²) in [5.41, 5.74) is 15.6. The van der Waals surface area contributed by atoms with Crippen molar-refractivity contribution in [3.63, 3.8) is 0 Å². The highest BCUT2D eigenvalue weighted by molar-refractivity contribution is 5.78. The SMILES string of the molecule is C=C(NC(C)C)/C(C#N)=C\C(=C/N)c1nc(-c2ccc3c(c2)CCN(C(=O)CN)CC3)no1. The molecule has 0 saturated carbocycles. The van der Waals surface area contributed by atoms with Crippen molar-refractivity contribution in [3.8, 4) is 17.5 Å². The lowest BCUT2D eigenvalue weighted by molar-refractivity contribution is -0.129. The van der Waals surface area contributed by atoms with Crippen molar-refractivity contribution >= 4 is 11.5 Å². The summed E-state index contributed by atoms with van der Waals surface area (Å²) in [5.74, 6) is 0.576. The number of amides is 1. The molecule has 2 heterocycles. The largest absolute Gasteiger partial charge is 0.404 e. The standard InChI is InChI=1S/C24H29N7O2/c1-15(2)28-16(3)20(12-25)11-21(13-26)24-29-23(30-33-24)19-5-4-17-6-8-31(22(32)14-27)9-7-18(17)10-19/h4-5,10-11,13,15,28H,3,6-9,14,26-27H2,1-2H3/b20-11-,21-13+. The van der Waals surface area contributed by atoms with Crippen LogP contribution in [0, 0.1) is 11.3 Å². The van der Waals surface area contributed by atoms with Gasteiger partial charge < -0.3 is 26.2 Å². The number of hydrogen-bond donors (Lipinski definition) is 3. The summed E-state index contributed by atoms with van der Waals surface area (Å²) in [7, 11) is 0. The highest BCUT2D eigenvalue weighted by Gasteiger charge is 2.19. The van der Waals surface area contributed by atoms with Gasteiger partial charge in [-0.05, 0) is 50.0 Å². The maximum Gasteiger partial charge on any atom is 0.259 e. The molecular weight excluding hydrogens is 418 g/mol. The first-order valence-corrected chi connectivity index (χ1v) is 10.8. The van der Waals surface area contributed by atoms with Gasteiger partial charge in [-0.3, -0.25) is 4.79 Å². The number of nitrogens with zero attached hydrogens (tertiary/aromatic N) is 4. The van der Waals surface area contributed by atoms with Crippen LogP contribution in [-0.4, -0.2) is 46.6 Å². The Labute approximate surface area is 193 Å². The van der Waals surface area contributed by atoms with Crippen molar-refractivity contribution < 1.29 is 9.32 Å². The van der Waals surface area contributed by atoms with Crippen LogP contribution in [0.2, 0.25) is 0 Å². The molecule has 9 nitrogen and oxygen atoms in total. The average Bonchev–Trinajstić information content (AvgIpc) is 3.19. The normalized spacial score (nSPS) is 14.5. The van der Waals surface area contributed by atoms with E-state index >= 15 is 0 Å². The lowest BCUT2D eigenvalue weighted by atomic mass is 10.00. The zero-order chi connectivity index (χ0) is 24.0. The van der Waals surface area contributed by atoms with Gasteiger partial charge >= 0.3 is 0 Å². The summed E-state index contributed by atoms with van der Waals surface area (Å²) in [6.45, 7) is 9.12. The molecule has 9 heteroatoms. The van der Waals surface area contributed by atoms with Gasteiger partial charge in [-0.2, -0.15) is 10.2 Å². The van der Waals surface area contributed by atoms with Crippen molar-refractivity contribution in [1.82, 2.24) is 20.4 Å². The second kappa shape index (κ2) is 10.6. The maximum absolute atomic E-state index is 12.0. The maximum atomic E-state index is 12.0. The van der Waals surface area contributed by atoms with Gasteiger partial charge in [0.05, 0.1) is 17.7 Å². The first kappa shape index (κ1) is 23.8. The second-order valence-corrected chi connectivity index (χ2v) is 8.06. The van der Waals surface area contributed by atoms with Gasteiger partial charge in [0.15, 0.2) is 0 Å². The molecule has 0 aliphatic carbocycles. The molecule has 3 rings (SSSR count). The predicted molar refractivity (Wildman–Crippen MR) is 126 cm³/mol. The number of nitriles is 1. The molecule has 0 saturated heterocycles. The van der Waals surface area contributed by atoms with Crippen LogP contribution in [0.25, 0.3) is 17.0 Å². The number of benzene rings is 1. The molecule has 172 valence electrons. The molecule has 0 atom stereocenters. The van der Waals surface area contributed by atoms with E-state index in [9.17, 15) is 10.1 Å². The molecule has 2 aromatic rings. The Morgan fingerprint density at radius 2 is 2.09 bits per heavy atom. The number of allylic oxidation sites excluding steroid dienone is 3. The van der Waals surface area contributed by atoms with Crippen LogP contribution in [0.15, 0.2) is 52.8 Å². The second-order valence-electron chi connectivity index (χ2n) is 8.06. The van der Waals surface area contributed by atoms with Crippen molar-refractivity contribution in [1.29, 1.82) is 5.26 Å². The molecule has 0 bridgehead atoms. The Bertz CT molecular complexity index is 1140. The van der Waals surface area contributed by atoms with Crippen LogP contribution in [0.5, 0.6) is 0 Å². The molecule has 5 N–H and O–H groups in total. The minimum absolute atomic E-state index is 0.0209. The zero-order valence-corrected chi connectivity index (χ0v) is 19.0. The smallest absolute Gasteiger partial charge is 0.259 e. The third kappa shape index (κ3) is 5.67. The highest BCUT2D eigenvalue weighted by Crippen LogP contribution is 2.25. The molecule has 0 fully saturated rings. The van der Waals surface area contributed by atoms with Gasteiger partial charge in [0.2, 0.25) is 11.7 Å². The molecule has 1 amide bonds. The van der Waals surface area contributed by atoms with Crippen molar-refractivity contribution in [2.24, 2.45) is 11.5 Å². The summed E-state index contributed by atoms with van der Waals surface area (Å²) in [4.78, 5) is 18.2. The van der Waals surface area contributed by atoms with Gasteiger partial charge in [0.1, 0.15) is 6.07 Å². The number of nitrogens with one attached hydrogen (secondary N) is 1. The fourth-order valence-electron chi connectivity index (χ4n) is 3.65. The lowest BCUT2D eigenvalue weighted by Crippen LogP contribution is -2.37. The van der Waals surface area contributed by atoms with Crippen LogP contribution >= 0.6 is 0 Å². The van der Waals surface area contributed by atoms with E-state index in [1.165, 1.54) is 11.8 Å². The van der Waals surface area contributed by atoms with Gasteiger partial charge in [-0.15, -0.1) is 0 Å². The first-order valence-electron chi connectivity index (χ1n) is 10.8. The summed E-state index contributed by atoms with van der Waals surface area (Å²) in [6.07, 6.45) is 4.38. The molecule has 1 aliphatic heterocycles. The van der Waals surface area contributed by atoms with E-state index in [0.717, 1.165) is 24.0 Å². The minimum atomic E-state index is -0.0389. The van der Waals surface area contributed by atoms with E-state index < -0.39 is 0 Å². The van der Waals surface area contributed by atoms with E-state index in [1.54, 1.807) is 11.0 Å². The van der Waals surface area contributed by atoms with E-state index in [0.29, 0.717) is 35.8 Å². The number of hydrogen-bond acceptors (Lipinski definition) is 8. The van der Waals surface area contributed by atoms with Crippen LogP contribution < -0.4 is 16.8 Å². The molecule has 0 radical (unpaired) electrons. The average molecular weight is 448 g/mol. The van der Waals surface area contributed by atoms with E-state index in [4.69, 9.17) is 16.0 Å². The third-order valence-corrected chi connectivity index (χ3v) is 5.35. The fraction of sp³-hybridized carbons (Fsp3) is 0.333. The first-order chi connectivity index (χ1) is 15.9. The molecule has 0 spiro atoms. The van der Waals surface area contributed by atoms with Gasteiger partial charge in [0, 0.05) is 36.6 Å². The molecule has 33 heavy (non-hydrogen) atoms. The predicted octanol–water partition coefficient (Wildman–Crippen LogP) is 1.88. The topological polar surface area (TPSA) is 147 Å². The van der Waals surface area contributed by atoms with Crippen LogP contribution in [0.4, 0.5) is 0 Å². The van der Waals surface area contributed by atoms with Crippen LogP contribution in [-0.2, 0) is 17.6 Å². The molecule has 1 aromatic carbocycles. The summed E-state index contributed by atoms with van der Waals surface area (Å²) in [6, 6.07) is 8.23. The summed E-state index contributed by atoms with van der Waals surface area (Å²) < 4.78 is 5.43. The summed E-state index contributed by atoms with van der Waals surface area (Å²) in [5, 5.41) is 16.7. The van der Waals surface area contributed by atoms with Crippen molar-refractivity contribution in [3.05, 3.63) is 65.3 Å². The number of fused-ring (bicyclic) bond motifs is 1. The Hall–Kier alpha value is -3.90. The minimum Gasteiger partial charge on any atom is -0.404 e. The number of aromatic nitrogens is 2.